The molecule has 1 aromatic carbocycles. The van der Waals surface area contributed by atoms with Gasteiger partial charge < -0.3 is 16.0 Å². The van der Waals surface area contributed by atoms with Crippen LogP contribution in [-0.2, 0) is 6.42 Å². The fourth-order valence-electron chi connectivity index (χ4n) is 3.16. The molecular weight excluding hydrogens is 356 g/mol. The Morgan fingerprint density at radius 2 is 2.07 bits per heavy atom. The normalized spacial score (nSPS) is 12.2. The van der Waals surface area contributed by atoms with Crippen LogP contribution in [0.5, 0.6) is 0 Å². The van der Waals surface area contributed by atoms with Crippen LogP contribution >= 0.6 is 11.3 Å². The minimum Gasteiger partial charge on any atom is -0.347 e. The highest BCUT2D eigenvalue weighted by Gasteiger charge is 2.16. The monoisotopic (exact) mass is 376 g/mol. The van der Waals surface area contributed by atoms with Crippen LogP contribution in [0.25, 0.3) is 22.2 Å². The van der Waals surface area contributed by atoms with Gasteiger partial charge in [0, 0.05) is 30.4 Å². The van der Waals surface area contributed by atoms with Crippen molar-refractivity contribution in [3.05, 3.63) is 76.7 Å². The lowest BCUT2D eigenvalue weighted by Crippen LogP contribution is -2.41. The van der Waals surface area contributed by atoms with Gasteiger partial charge in [-0.1, -0.05) is 30.3 Å². The first-order valence-electron chi connectivity index (χ1n) is 8.80. The van der Waals surface area contributed by atoms with Crippen molar-refractivity contribution < 1.29 is 4.79 Å². The Bertz CT molecular complexity index is 1050. The lowest BCUT2D eigenvalue weighted by molar-refractivity contribution is 0.0942. The topological polar surface area (TPSA) is 83.8 Å². The van der Waals surface area contributed by atoms with Crippen molar-refractivity contribution in [2.75, 3.05) is 6.54 Å². The van der Waals surface area contributed by atoms with Crippen molar-refractivity contribution in [3.63, 3.8) is 0 Å². The molecule has 136 valence electrons. The summed E-state index contributed by atoms with van der Waals surface area (Å²) < 4.78 is 0. The second kappa shape index (κ2) is 7.73. The van der Waals surface area contributed by atoms with Gasteiger partial charge in [-0.3, -0.25) is 4.79 Å². The minimum atomic E-state index is -0.0947. The van der Waals surface area contributed by atoms with Crippen LogP contribution in [0.15, 0.2) is 66.3 Å². The molecule has 3 aromatic heterocycles. The molecule has 0 bridgehead atoms. The maximum atomic E-state index is 12.7. The maximum Gasteiger partial charge on any atom is 0.261 e. The first-order valence-corrected chi connectivity index (χ1v) is 9.68. The molecule has 0 saturated carbocycles. The van der Waals surface area contributed by atoms with Crippen LogP contribution in [0.3, 0.4) is 0 Å². The summed E-state index contributed by atoms with van der Waals surface area (Å²) in [4.78, 5) is 20.8. The molecule has 6 heteroatoms. The smallest absolute Gasteiger partial charge is 0.261 e. The third-order valence-electron chi connectivity index (χ3n) is 4.54. The van der Waals surface area contributed by atoms with Gasteiger partial charge in [0.1, 0.15) is 5.65 Å². The number of nitrogens with zero attached hydrogens (tertiary/aromatic N) is 1. The molecule has 4 rings (SSSR count). The molecular formula is C21H20N4OS. The Morgan fingerprint density at radius 3 is 2.89 bits per heavy atom. The average Bonchev–Trinajstić information content (AvgIpc) is 3.37. The van der Waals surface area contributed by atoms with Gasteiger partial charge >= 0.3 is 0 Å². The standard InChI is InChI=1S/C21H20N4OS/c22-12-16(10-14-4-2-1-3-5-14)25-21(26)19-11-15(13-27-19)17-6-8-23-20-18(17)7-9-24-20/h1-9,11,13,16H,10,12,22H2,(H,23,24)(H,25,26). The third-order valence-corrected chi connectivity index (χ3v) is 5.47. The number of carbonyl (C=O) groups excluding carboxylic acids is 1. The molecule has 0 radical (unpaired) electrons. The van der Waals surface area contributed by atoms with Crippen LogP contribution in [0.4, 0.5) is 0 Å². The van der Waals surface area contributed by atoms with Gasteiger partial charge in [0.25, 0.3) is 5.91 Å². The van der Waals surface area contributed by atoms with Crippen LogP contribution in [-0.4, -0.2) is 28.5 Å². The summed E-state index contributed by atoms with van der Waals surface area (Å²) in [6.07, 6.45) is 4.36. The van der Waals surface area contributed by atoms with E-state index in [-0.39, 0.29) is 11.9 Å². The van der Waals surface area contributed by atoms with Crippen molar-refractivity contribution in [2.24, 2.45) is 5.73 Å². The van der Waals surface area contributed by atoms with Gasteiger partial charge in [0.2, 0.25) is 0 Å². The number of benzene rings is 1. The van der Waals surface area contributed by atoms with Crippen LogP contribution in [0.1, 0.15) is 15.2 Å². The van der Waals surface area contributed by atoms with Crippen molar-refractivity contribution in [1.29, 1.82) is 0 Å². The van der Waals surface area contributed by atoms with E-state index < -0.39 is 0 Å². The summed E-state index contributed by atoms with van der Waals surface area (Å²) in [5.41, 5.74) is 9.96. The molecule has 5 nitrogen and oxygen atoms in total. The second-order valence-electron chi connectivity index (χ2n) is 6.39. The molecule has 0 saturated heterocycles. The number of carbonyl (C=O) groups is 1. The number of nitrogens with two attached hydrogens (primary N) is 1. The van der Waals surface area contributed by atoms with Crippen LogP contribution in [0, 0.1) is 0 Å². The summed E-state index contributed by atoms with van der Waals surface area (Å²) in [5.74, 6) is -0.0861. The fraction of sp³-hybridized carbons (Fsp3) is 0.143. The number of fused-ring (bicyclic) bond motifs is 1. The number of hydrogen-bond donors (Lipinski definition) is 3. The predicted molar refractivity (Wildman–Crippen MR) is 110 cm³/mol. The highest BCUT2D eigenvalue weighted by atomic mass is 32.1. The molecule has 3 heterocycles. The molecule has 4 N–H and O–H groups in total. The van der Waals surface area contributed by atoms with E-state index in [4.69, 9.17) is 5.73 Å². The number of pyridine rings is 1. The zero-order valence-electron chi connectivity index (χ0n) is 14.7. The van der Waals surface area contributed by atoms with Crippen LogP contribution < -0.4 is 11.1 Å². The number of thiophene rings is 1. The van der Waals surface area contributed by atoms with E-state index >= 15 is 0 Å². The largest absolute Gasteiger partial charge is 0.347 e. The van der Waals surface area contributed by atoms with Gasteiger partial charge in [0.15, 0.2) is 0 Å². The highest BCUT2D eigenvalue weighted by molar-refractivity contribution is 7.12. The highest BCUT2D eigenvalue weighted by Crippen LogP contribution is 2.30. The van der Waals surface area contributed by atoms with Gasteiger partial charge in [0.05, 0.1) is 4.88 Å². The third kappa shape index (κ3) is 3.77. The molecule has 1 unspecified atom stereocenters. The number of amides is 1. The summed E-state index contributed by atoms with van der Waals surface area (Å²) >= 11 is 1.44. The fourth-order valence-corrected chi connectivity index (χ4v) is 3.97. The summed E-state index contributed by atoms with van der Waals surface area (Å²) in [5, 5.41) is 6.11. The first kappa shape index (κ1) is 17.5. The Kier molecular flexibility index (Phi) is 5.00. The number of nitrogens with one attached hydrogen (secondary N) is 2. The molecule has 0 aliphatic rings. The van der Waals surface area contributed by atoms with E-state index in [1.165, 1.54) is 11.3 Å². The SMILES string of the molecule is NCC(Cc1ccccc1)NC(=O)c1cc(-c2ccnc3[nH]ccc23)cs1. The number of rotatable bonds is 6. The van der Waals surface area contributed by atoms with E-state index in [9.17, 15) is 4.79 Å². The quantitative estimate of drug-likeness (QED) is 0.481. The lowest BCUT2D eigenvalue weighted by atomic mass is 10.1. The van der Waals surface area contributed by atoms with Crippen molar-refractivity contribution in [3.8, 4) is 11.1 Å². The number of aromatic amines is 1. The molecule has 4 aromatic rings. The van der Waals surface area contributed by atoms with E-state index in [0.29, 0.717) is 11.4 Å². The second-order valence-corrected chi connectivity index (χ2v) is 7.31. The molecule has 1 atom stereocenters. The van der Waals surface area contributed by atoms with Gasteiger partial charge in [-0.05, 0) is 46.7 Å². The summed E-state index contributed by atoms with van der Waals surface area (Å²) in [6, 6.07) is 15.9. The lowest BCUT2D eigenvalue weighted by Gasteiger charge is -2.16. The average molecular weight is 376 g/mol. The number of H-pyrrole nitrogens is 1. The van der Waals surface area contributed by atoms with Gasteiger partial charge in [-0.2, -0.15) is 0 Å². The van der Waals surface area contributed by atoms with E-state index in [1.807, 2.05) is 60.1 Å². The predicted octanol–water partition coefficient (Wildman–Crippen LogP) is 3.59. The summed E-state index contributed by atoms with van der Waals surface area (Å²) in [6.45, 7) is 0.396. The first-order chi connectivity index (χ1) is 13.2. The van der Waals surface area contributed by atoms with Crippen LogP contribution in [0.2, 0.25) is 0 Å². The molecule has 0 spiro atoms. The van der Waals surface area contributed by atoms with Crippen molar-refractivity contribution in [1.82, 2.24) is 15.3 Å². The zero-order chi connectivity index (χ0) is 18.6. The minimum absolute atomic E-state index is 0.0861. The molecule has 27 heavy (non-hydrogen) atoms. The van der Waals surface area contributed by atoms with Crippen molar-refractivity contribution >= 4 is 28.3 Å². The van der Waals surface area contributed by atoms with E-state index in [1.54, 1.807) is 6.20 Å². The zero-order valence-corrected chi connectivity index (χ0v) is 15.5. The van der Waals surface area contributed by atoms with Crippen molar-refractivity contribution in [2.45, 2.75) is 12.5 Å². The van der Waals surface area contributed by atoms with E-state index in [2.05, 4.69) is 15.3 Å². The number of hydrogen-bond acceptors (Lipinski definition) is 4. The summed E-state index contributed by atoms with van der Waals surface area (Å²) in [7, 11) is 0. The molecule has 0 fully saturated rings. The van der Waals surface area contributed by atoms with Gasteiger partial charge in [-0.25, -0.2) is 4.98 Å². The Labute approximate surface area is 161 Å². The Morgan fingerprint density at radius 1 is 1.22 bits per heavy atom. The molecule has 0 aliphatic heterocycles. The molecule has 0 aliphatic carbocycles. The maximum absolute atomic E-state index is 12.7. The van der Waals surface area contributed by atoms with E-state index in [0.717, 1.165) is 34.1 Å². The molecule has 1 amide bonds. The number of aromatic nitrogens is 2. The van der Waals surface area contributed by atoms with Gasteiger partial charge in [-0.15, -0.1) is 11.3 Å². The Hall–Kier alpha value is -2.96. The Balaban J connectivity index is 1.51.